The number of carbonyl (C=O) groups excluding carboxylic acids is 1. The highest BCUT2D eigenvalue weighted by molar-refractivity contribution is 5.72. The predicted molar refractivity (Wildman–Crippen MR) is 60.1 cm³/mol. The number of halogens is 3. The Kier molecular flexibility index (Phi) is 5.40. The predicted octanol–water partition coefficient (Wildman–Crippen LogP) is 1.02. The molecule has 0 spiro atoms. The molecule has 0 aromatic rings. The molecule has 0 bridgehead atoms. The minimum Gasteiger partial charge on any atom is -0.469 e. The van der Waals surface area contributed by atoms with Crippen LogP contribution >= 0.6 is 0 Å². The van der Waals surface area contributed by atoms with Crippen molar-refractivity contribution >= 4 is 5.97 Å². The Labute approximate surface area is 104 Å². The lowest BCUT2D eigenvalue weighted by Gasteiger charge is -2.36. The molecule has 1 aliphatic rings. The van der Waals surface area contributed by atoms with E-state index in [2.05, 4.69) is 10.1 Å². The molecule has 106 valence electrons. The highest BCUT2D eigenvalue weighted by atomic mass is 19.4. The minimum atomic E-state index is -4.23. The number of nitrogens with one attached hydrogen (secondary N) is 1. The second-order valence-electron chi connectivity index (χ2n) is 4.50. The van der Waals surface area contributed by atoms with Gasteiger partial charge < -0.3 is 15.0 Å². The summed E-state index contributed by atoms with van der Waals surface area (Å²) in [7, 11) is 1.30. The largest absolute Gasteiger partial charge is 0.469 e. The van der Waals surface area contributed by atoms with Gasteiger partial charge >= 0.3 is 12.1 Å². The van der Waals surface area contributed by atoms with Crippen LogP contribution in [0.2, 0.25) is 0 Å². The molecule has 1 N–H and O–H groups in total. The number of methoxy groups -OCH3 is 1. The first kappa shape index (κ1) is 15.2. The lowest BCUT2D eigenvalue weighted by molar-refractivity contribution is -0.148. The van der Waals surface area contributed by atoms with Crippen LogP contribution in [0.1, 0.15) is 13.3 Å². The van der Waals surface area contributed by atoms with Crippen molar-refractivity contribution in [1.29, 1.82) is 0 Å². The van der Waals surface area contributed by atoms with Crippen LogP contribution in [0.4, 0.5) is 13.2 Å². The van der Waals surface area contributed by atoms with Crippen molar-refractivity contribution in [2.24, 2.45) is 5.92 Å². The van der Waals surface area contributed by atoms with Crippen LogP contribution in [-0.4, -0.2) is 56.4 Å². The Bertz CT molecular complexity index is 284. The lowest BCUT2D eigenvalue weighted by Crippen LogP contribution is -2.52. The van der Waals surface area contributed by atoms with Crippen molar-refractivity contribution < 1.29 is 22.7 Å². The Morgan fingerprint density at radius 3 is 2.61 bits per heavy atom. The number of rotatable bonds is 4. The van der Waals surface area contributed by atoms with Gasteiger partial charge in [-0.05, 0) is 13.0 Å². The minimum absolute atomic E-state index is 0.329. The molecule has 1 rings (SSSR count). The fourth-order valence-corrected chi connectivity index (χ4v) is 2.19. The molecule has 0 aliphatic carbocycles. The number of likely N-dealkylation sites (N-methyl/N-ethyl adjacent to an activating group) is 1. The van der Waals surface area contributed by atoms with Crippen molar-refractivity contribution in [2.75, 3.05) is 33.3 Å². The van der Waals surface area contributed by atoms with Gasteiger partial charge in [0.1, 0.15) is 0 Å². The van der Waals surface area contributed by atoms with Crippen molar-refractivity contribution in [3.63, 3.8) is 0 Å². The first-order valence-corrected chi connectivity index (χ1v) is 5.96. The highest BCUT2D eigenvalue weighted by Gasteiger charge is 2.34. The molecule has 7 heteroatoms. The van der Waals surface area contributed by atoms with Gasteiger partial charge in [-0.15, -0.1) is 0 Å². The molecule has 1 heterocycles. The molecule has 4 nitrogen and oxygen atoms in total. The Balaban J connectivity index is 2.54. The van der Waals surface area contributed by atoms with E-state index in [1.165, 1.54) is 7.11 Å². The van der Waals surface area contributed by atoms with Crippen molar-refractivity contribution in [3.05, 3.63) is 0 Å². The zero-order valence-corrected chi connectivity index (χ0v) is 10.6. The van der Waals surface area contributed by atoms with Crippen LogP contribution < -0.4 is 5.32 Å². The zero-order valence-electron chi connectivity index (χ0n) is 10.6. The van der Waals surface area contributed by atoms with Crippen molar-refractivity contribution in [2.45, 2.75) is 25.6 Å². The number of ether oxygens (including phenoxy) is 1. The number of alkyl halides is 3. The number of carbonyl (C=O) groups is 1. The molecule has 2 unspecified atom stereocenters. The highest BCUT2D eigenvalue weighted by Crippen LogP contribution is 2.20. The summed E-state index contributed by atoms with van der Waals surface area (Å²) in [6.45, 7) is 2.68. The topological polar surface area (TPSA) is 41.6 Å². The van der Waals surface area contributed by atoms with Gasteiger partial charge in [0.2, 0.25) is 0 Å². The smallest absolute Gasteiger partial charge is 0.401 e. The van der Waals surface area contributed by atoms with Gasteiger partial charge in [-0.1, -0.05) is 6.92 Å². The summed E-state index contributed by atoms with van der Waals surface area (Å²) in [5, 5.41) is 2.46. The molecule has 1 saturated heterocycles. The number of hydrogen-bond donors (Lipinski definition) is 1. The van der Waals surface area contributed by atoms with Crippen LogP contribution in [0.25, 0.3) is 0 Å². The standard InChI is InChI=1S/C11H19F3N2O2/c1-3-16-5-8(10(17)18-2)4-9(6-16)15-7-11(12,13)14/h8-9,15H,3-7H2,1-2H3. The van der Waals surface area contributed by atoms with E-state index in [-0.39, 0.29) is 17.9 Å². The Morgan fingerprint density at radius 2 is 2.11 bits per heavy atom. The van der Waals surface area contributed by atoms with Gasteiger partial charge in [0.25, 0.3) is 0 Å². The Morgan fingerprint density at radius 1 is 1.44 bits per heavy atom. The van der Waals surface area contributed by atoms with Gasteiger partial charge in [-0.2, -0.15) is 13.2 Å². The fraction of sp³-hybridized carbons (Fsp3) is 0.909. The SMILES string of the molecule is CCN1CC(NCC(F)(F)F)CC(C(=O)OC)C1. The summed E-state index contributed by atoms with van der Waals surface area (Å²) < 4.78 is 41.1. The molecule has 0 aromatic heterocycles. The van der Waals surface area contributed by atoms with Gasteiger partial charge in [0.05, 0.1) is 19.6 Å². The summed E-state index contributed by atoms with van der Waals surface area (Å²) in [5.74, 6) is -0.707. The molecule has 0 radical (unpaired) electrons. The van der Waals surface area contributed by atoms with Gasteiger partial charge in [-0.25, -0.2) is 0 Å². The third-order valence-electron chi connectivity index (χ3n) is 3.10. The van der Waals surface area contributed by atoms with Crippen molar-refractivity contribution in [1.82, 2.24) is 10.2 Å². The lowest BCUT2D eigenvalue weighted by atomic mass is 9.94. The van der Waals surface area contributed by atoms with E-state index < -0.39 is 12.7 Å². The zero-order chi connectivity index (χ0) is 13.8. The normalized spacial score (nSPS) is 26.1. The summed E-state index contributed by atoms with van der Waals surface area (Å²) in [6.07, 6.45) is -3.84. The van der Waals surface area contributed by atoms with E-state index in [4.69, 9.17) is 0 Å². The quantitative estimate of drug-likeness (QED) is 0.773. The number of likely N-dealkylation sites (tertiary alicyclic amines) is 1. The van der Waals surface area contributed by atoms with E-state index in [0.717, 1.165) is 0 Å². The average molecular weight is 268 g/mol. The maximum atomic E-state index is 12.1. The van der Waals surface area contributed by atoms with E-state index in [1.807, 2.05) is 11.8 Å². The number of nitrogens with zero attached hydrogens (tertiary/aromatic N) is 1. The fourth-order valence-electron chi connectivity index (χ4n) is 2.19. The molecule has 1 fully saturated rings. The number of hydrogen-bond acceptors (Lipinski definition) is 4. The van der Waals surface area contributed by atoms with Gasteiger partial charge in [0, 0.05) is 19.1 Å². The molecule has 18 heavy (non-hydrogen) atoms. The molecule has 0 amide bonds. The molecule has 0 aromatic carbocycles. The molecular formula is C11H19F3N2O2. The first-order chi connectivity index (χ1) is 8.35. The van der Waals surface area contributed by atoms with Crippen LogP contribution in [0.5, 0.6) is 0 Å². The maximum Gasteiger partial charge on any atom is 0.401 e. The Hall–Kier alpha value is -0.820. The second-order valence-corrected chi connectivity index (χ2v) is 4.50. The average Bonchev–Trinajstić information content (AvgIpc) is 2.34. The van der Waals surface area contributed by atoms with Gasteiger partial charge in [-0.3, -0.25) is 4.79 Å². The summed E-state index contributed by atoms with van der Waals surface area (Å²) in [6, 6.07) is -0.329. The van der Waals surface area contributed by atoms with E-state index in [1.54, 1.807) is 0 Å². The van der Waals surface area contributed by atoms with Crippen LogP contribution in [0, 0.1) is 5.92 Å². The van der Waals surface area contributed by atoms with E-state index in [9.17, 15) is 18.0 Å². The number of esters is 1. The summed E-state index contributed by atoms with van der Waals surface area (Å²) >= 11 is 0. The second kappa shape index (κ2) is 6.38. The molecule has 1 aliphatic heterocycles. The van der Waals surface area contributed by atoms with Crippen LogP contribution in [-0.2, 0) is 9.53 Å². The molecular weight excluding hydrogens is 249 g/mol. The molecule has 0 saturated carbocycles. The summed E-state index contributed by atoms with van der Waals surface area (Å²) in [5.41, 5.74) is 0. The summed E-state index contributed by atoms with van der Waals surface area (Å²) in [4.78, 5) is 13.4. The third-order valence-corrected chi connectivity index (χ3v) is 3.10. The first-order valence-electron chi connectivity index (χ1n) is 5.96. The number of piperidine rings is 1. The van der Waals surface area contributed by atoms with Gasteiger partial charge in [0.15, 0.2) is 0 Å². The molecule has 2 atom stereocenters. The van der Waals surface area contributed by atoms with Crippen LogP contribution in [0.15, 0.2) is 0 Å². The van der Waals surface area contributed by atoms with E-state index >= 15 is 0 Å². The van der Waals surface area contributed by atoms with E-state index in [0.29, 0.717) is 26.1 Å². The van der Waals surface area contributed by atoms with Crippen molar-refractivity contribution in [3.8, 4) is 0 Å². The van der Waals surface area contributed by atoms with Crippen LogP contribution in [0.3, 0.4) is 0 Å². The maximum absolute atomic E-state index is 12.1. The monoisotopic (exact) mass is 268 g/mol. The third kappa shape index (κ3) is 4.81.